The zero-order valence-corrected chi connectivity index (χ0v) is 5.46. The lowest BCUT2D eigenvalue weighted by molar-refractivity contribution is -0.144. The molecule has 1 aliphatic heterocycles. The van der Waals surface area contributed by atoms with E-state index in [4.69, 9.17) is 4.74 Å². The third kappa shape index (κ3) is 0.533. The summed E-state index contributed by atoms with van der Waals surface area (Å²) in [4.78, 5) is 10.8. The molecule has 2 nitrogen and oxygen atoms in total. The number of fused-ring (bicyclic) bond motifs is 1. The molecule has 2 fully saturated rings. The number of hydrogen-bond acceptors (Lipinski definition) is 2. The highest BCUT2D eigenvalue weighted by molar-refractivity contribution is 5.76. The van der Waals surface area contributed by atoms with E-state index >= 15 is 0 Å². The van der Waals surface area contributed by atoms with E-state index < -0.39 is 0 Å². The Balaban J connectivity index is 2.17. The van der Waals surface area contributed by atoms with Gasteiger partial charge in [-0.25, -0.2) is 0 Å². The van der Waals surface area contributed by atoms with Crippen molar-refractivity contribution in [3.05, 3.63) is 0 Å². The monoisotopic (exact) mass is 126 g/mol. The second-order valence-electron chi connectivity index (χ2n) is 2.99. The van der Waals surface area contributed by atoms with Gasteiger partial charge < -0.3 is 4.74 Å². The Bertz CT molecular complexity index is 153. The fourth-order valence-corrected chi connectivity index (χ4v) is 1.74. The summed E-state index contributed by atoms with van der Waals surface area (Å²) in [6, 6.07) is 0. The van der Waals surface area contributed by atoms with Crippen molar-refractivity contribution in [1.82, 2.24) is 0 Å². The van der Waals surface area contributed by atoms with Crippen molar-refractivity contribution in [2.24, 2.45) is 11.8 Å². The Hall–Kier alpha value is -0.530. The van der Waals surface area contributed by atoms with Gasteiger partial charge >= 0.3 is 5.97 Å². The summed E-state index contributed by atoms with van der Waals surface area (Å²) >= 11 is 0. The molecule has 1 saturated carbocycles. The van der Waals surface area contributed by atoms with Crippen LogP contribution < -0.4 is 0 Å². The molecule has 1 saturated heterocycles. The second kappa shape index (κ2) is 1.49. The first-order valence-electron chi connectivity index (χ1n) is 3.49. The van der Waals surface area contributed by atoms with Crippen molar-refractivity contribution < 1.29 is 9.53 Å². The van der Waals surface area contributed by atoms with Crippen LogP contribution >= 0.6 is 0 Å². The van der Waals surface area contributed by atoms with Gasteiger partial charge in [-0.1, -0.05) is 0 Å². The molecule has 1 aliphatic carbocycles. The fourth-order valence-electron chi connectivity index (χ4n) is 1.74. The predicted molar refractivity (Wildman–Crippen MR) is 31.8 cm³/mol. The summed E-state index contributed by atoms with van der Waals surface area (Å²) in [5, 5.41) is 0. The SMILES string of the molecule is C[C@H]1OC(=O)[C@H]2CC[C@H]21. The first-order valence-corrected chi connectivity index (χ1v) is 3.49. The normalized spacial score (nSPS) is 47.7. The zero-order chi connectivity index (χ0) is 6.43. The maximum absolute atomic E-state index is 10.8. The first kappa shape index (κ1) is 5.27. The van der Waals surface area contributed by atoms with Crippen molar-refractivity contribution in [3.8, 4) is 0 Å². The lowest BCUT2D eigenvalue weighted by atomic mass is 9.73. The molecule has 3 atom stereocenters. The molecule has 50 valence electrons. The molecule has 0 aromatic rings. The average molecular weight is 126 g/mol. The fraction of sp³-hybridized carbons (Fsp3) is 0.857. The average Bonchev–Trinajstić information content (AvgIpc) is 1.73. The molecule has 0 aromatic heterocycles. The van der Waals surface area contributed by atoms with Crippen LogP contribution in [-0.2, 0) is 9.53 Å². The lowest BCUT2D eigenvalue weighted by Crippen LogP contribution is -2.28. The highest BCUT2D eigenvalue weighted by Crippen LogP contribution is 2.43. The van der Waals surface area contributed by atoms with E-state index in [2.05, 4.69) is 0 Å². The van der Waals surface area contributed by atoms with Gasteiger partial charge in [-0.05, 0) is 19.8 Å². The van der Waals surface area contributed by atoms with Crippen LogP contribution in [0.3, 0.4) is 0 Å². The van der Waals surface area contributed by atoms with Gasteiger partial charge in [-0.15, -0.1) is 0 Å². The molecule has 0 amide bonds. The Morgan fingerprint density at radius 1 is 1.56 bits per heavy atom. The molecule has 1 heterocycles. The molecule has 2 heteroatoms. The van der Waals surface area contributed by atoms with Crippen molar-refractivity contribution in [2.45, 2.75) is 25.9 Å². The molecule has 0 spiro atoms. The highest BCUT2D eigenvalue weighted by atomic mass is 16.6. The zero-order valence-electron chi connectivity index (χ0n) is 5.46. The molecular weight excluding hydrogens is 116 g/mol. The molecule has 0 radical (unpaired) electrons. The van der Waals surface area contributed by atoms with Crippen LogP contribution in [0.2, 0.25) is 0 Å². The third-order valence-corrected chi connectivity index (χ3v) is 2.54. The van der Waals surface area contributed by atoms with Gasteiger partial charge in [0.2, 0.25) is 0 Å². The number of carbonyl (C=O) groups excluding carboxylic acids is 1. The number of carbonyl (C=O) groups is 1. The maximum Gasteiger partial charge on any atom is 0.309 e. The first-order chi connectivity index (χ1) is 4.29. The minimum absolute atomic E-state index is 0.0405. The summed E-state index contributed by atoms with van der Waals surface area (Å²) in [5.74, 6) is 0.885. The smallest absolute Gasteiger partial charge is 0.309 e. The molecule has 0 unspecified atom stereocenters. The molecule has 0 bridgehead atoms. The largest absolute Gasteiger partial charge is 0.462 e. The predicted octanol–water partition coefficient (Wildman–Crippen LogP) is 0.958. The standard InChI is InChI=1S/C7H10O2/c1-4-5-2-3-6(5)7(8)9-4/h4-6H,2-3H2,1H3/t4-,5+,6+/m1/s1. The van der Waals surface area contributed by atoms with Crippen LogP contribution in [0, 0.1) is 11.8 Å². The summed E-state index contributed by atoms with van der Waals surface area (Å²) in [5.41, 5.74) is 0. The molecule has 0 aromatic carbocycles. The third-order valence-electron chi connectivity index (χ3n) is 2.54. The van der Waals surface area contributed by atoms with E-state index in [1.54, 1.807) is 0 Å². The summed E-state index contributed by atoms with van der Waals surface area (Å²) in [6.07, 6.45) is 2.46. The van der Waals surface area contributed by atoms with Crippen molar-refractivity contribution >= 4 is 5.97 Å². The van der Waals surface area contributed by atoms with Gasteiger partial charge in [0.1, 0.15) is 6.10 Å². The number of hydrogen-bond donors (Lipinski definition) is 0. The number of esters is 1. The molecule has 2 aliphatic rings. The summed E-state index contributed by atoms with van der Waals surface area (Å²) in [6.45, 7) is 1.99. The van der Waals surface area contributed by atoms with Gasteiger partial charge in [0, 0.05) is 5.92 Å². The van der Waals surface area contributed by atoms with E-state index in [1.165, 1.54) is 6.42 Å². The van der Waals surface area contributed by atoms with Gasteiger partial charge in [0.05, 0.1) is 5.92 Å². The second-order valence-corrected chi connectivity index (χ2v) is 2.99. The van der Waals surface area contributed by atoms with Crippen molar-refractivity contribution in [1.29, 1.82) is 0 Å². The van der Waals surface area contributed by atoms with Crippen LogP contribution in [-0.4, -0.2) is 12.1 Å². The van der Waals surface area contributed by atoms with Crippen molar-refractivity contribution in [3.63, 3.8) is 0 Å². The van der Waals surface area contributed by atoms with Gasteiger partial charge in [0.15, 0.2) is 0 Å². The Morgan fingerprint density at radius 2 is 2.33 bits per heavy atom. The van der Waals surface area contributed by atoms with E-state index in [-0.39, 0.29) is 18.0 Å². The van der Waals surface area contributed by atoms with Crippen LogP contribution in [0.25, 0.3) is 0 Å². The number of rotatable bonds is 0. The van der Waals surface area contributed by atoms with Crippen LogP contribution in [0.4, 0.5) is 0 Å². The van der Waals surface area contributed by atoms with Crippen LogP contribution in [0.1, 0.15) is 19.8 Å². The summed E-state index contributed by atoms with van der Waals surface area (Å²) in [7, 11) is 0. The van der Waals surface area contributed by atoms with E-state index in [1.807, 2.05) is 6.92 Å². The Morgan fingerprint density at radius 3 is 2.56 bits per heavy atom. The maximum atomic E-state index is 10.8. The molecular formula is C7H10O2. The van der Waals surface area contributed by atoms with E-state index in [9.17, 15) is 4.79 Å². The van der Waals surface area contributed by atoms with Crippen LogP contribution in [0.15, 0.2) is 0 Å². The van der Waals surface area contributed by atoms with E-state index in [0.717, 1.165) is 6.42 Å². The number of ether oxygens (including phenoxy) is 1. The van der Waals surface area contributed by atoms with Crippen molar-refractivity contribution in [2.75, 3.05) is 0 Å². The topological polar surface area (TPSA) is 26.3 Å². The summed E-state index contributed by atoms with van der Waals surface area (Å²) < 4.78 is 5.01. The number of cyclic esters (lactones) is 1. The Labute approximate surface area is 54.2 Å². The van der Waals surface area contributed by atoms with Gasteiger partial charge in [-0.3, -0.25) is 4.79 Å². The lowest BCUT2D eigenvalue weighted by Gasteiger charge is -2.27. The minimum atomic E-state index is 0.0405. The quantitative estimate of drug-likeness (QED) is 0.452. The minimum Gasteiger partial charge on any atom is -0.462 e. The molecule has 9 heavy (non-hydrogen) atoms. The molecule has 2 rings (SSSR count). The highest BCUT2D eigenvalue weighted by Gasteiger charge is 2.48. The Kier molecular flexibility index (Phi) is 0.875. The molecule has 0 N–H and O–H groups in total. The van der Waals surface area contributed by atoms with Gasteiger partial charge in [-0.2, -0.15) is 0 Å². The van der Waals surface area contributed by atoms with Crippen LogP contribution in [0.5, 0.6) is 0 Å². The van der Waals surface area contributed by atoms with E-state index in [0.29, 0.717) is 5.92 Å². The van der Waals surface area contributed by atoms with Gasteiger partial charge in [0.25, 0.3) is 0 Å².